The molecule has 0 saturated carbocycles. The van der Waals surface area contributed by atoms with Crippen LogP contribution in [0, 0.1) is 11.3 Å². The van der Waals surface area contributed by atoms with Crippen molar-refractivity contribution in [3.05, 3.63) is 89.3 Å². The van der Waals surface area contributed by atoms with E-state index < -0.39 is 29.5 Å². The van der Waals surface area contributed by atoms with Gasteiger partial charge < -0.3 is 10.6 Å². The zero-order chi connectivity index (χ0) is 29.4. The van der Waals surface area contributed by atoms with Gasteiger partial charge in [-0.15, -0.1) is 0 Å². The number of nitriles is 1. The van der Waals surface area contributed by atoms with Crippen LogP contribution < -0.4 is 15.5 Å². The predicted octanol–water partition coefficient (Wildman–Crippen LogP) is 4.39. The lowest BCUT2D eigenvalue weighted by Gasteiger charge is -2.24. The van der Waals surface area contributed by atoms with Crippen molar-refractivity contribution in [2.24, 2.45) is 0 Å². The second-order valence-corrected chi connectivity index (χ2v) is 8.55. The molecule has 1 heterocycles. The van der Waals surface area contributed by atoms with Crippen molar-refractivity contribution in [1.82, 2.24) is 20.4 Å². The number of nitrogens with zero attached hydrogens (tertiary/aromatic N) is 4. The lowest BCUT2D eigenvalue weighted by Crippen LogP contribution is -2.39. The average molecular weight is 553 g/mol. The second kappa shape index (κ2) is 12.8. The quantitative estimate of drug-likeness (QED) is 0.286. The minimum absolute atomic E-state index is 0.0285. The van der Waals surface area contributed by atoms with Gasteiger partial charge in [0.25, 0.3) is 17.7 Å². The standard InChI is InChI=1S/C28H27F3N6O3/c1-4-10-22-23(25(39)33-16-15-32)35-37(21-13-7-6-8-14-21)26(22)36(5-2)27(40)18(3)34-24(38)19-11-9-12-20(17-19)28(29,30)31/h6-9,11-14,17H,3-5,10,16H2,1-2H3,(H,33,39)(H,34,38). The lowest BCUT2D eigenvalue weighted by molar-refractivity contribution is -0.137. The first kappa shape index (κ1) is 29.6. The summed E-state index contributed by atoms with van der Waals surface area (Å²) in [5.74, 6) is -2.03. The van der Waals surface area contributed by atoms with Gasteiger partial charge in [-0.05, 0) is 43.7 Å². The van der Waals surface area contributed by atoms with E-state index >= 15 is 0 Å². The third-order valence-corrected chi connectivity index (χ3v) is 5.79. The maximum Gasteiger partial charge on any atom is 0.416 e. The van der Waals surface area contributed by atoms with Crippen molar-refractivity contribution < 1.29 is 27.6 Å². The first-order valence-corrected chi connectivity index (χ1v) is 12.3. The van der Waals surface area contributed by atoms with Crippen LogP contribution in [0.4, 0.5) is 19.0 Å². The third-order valence-electron chi connectivity index (χ3n) is 5.79. The molecule has 40 heavy (non-hydrogen) atoms. The average Bonchev–Trinajstić information content (AvgIpc) is 3.31. The van der Waals surface area contributed by atoms with E-state index in [-0.39, 0.29) is 35.9 Å². The summed E-state index contributed by atoms with van der Waals surface area (Å²) in [6.07, 6.45) is -3.71. The summed E-state index contributed by atoms with van der Waals surface area (Å²) in [6.45, 7) is 7.04. The van der Waals surface area contributed by atoms with E-state index in [2.05, 4.69) is 22.3 Å². The molecule has 0 unspecified atom stereocenters. The summed E-state index contributed by atoms with van der Waals surface area (Å²) in [5, 5.41) is 18.1. The molecule has 0 radical (unpaired) electrons. The lowest BCUT2D eigenvalue weighted by atomic mass is 10.1. The molecule has 208 valence electrons. The summed E-state index contributed by atoms with van der Waals surface area (Å²) in [4.78, 5) is 40.5. The normalized spacial score (nSPS) is 10.9. The second-order valence-electron chi connectivity index (χ2n) is 8.55. The molecule has 2 N–H and O–H groups in total. The van der Waals surface area contributed by atoms with Crippen LogP contribution >= 0.6 is 0 Å². The highest BCUT2D eigenvalue weighted by Gasteiger charge is 2.32. The Morgan fingerprint density at radius 3 is 2.38 bits per heavy atom. The highest BCUT2D eigenvalue weighted by atomic mass is 19.4. The van der Waals surface area contributed by atoms with E-state index in [1.54, 1.807) is 37.3 Å². The summed E-state index contributed by atoms with van der Waals surface area (Å²) in [7, 11) is 0. The molecule has 0 bridgehead atoms. The molecule has 0 spiro atoms. The van der Waals surface area contributed by atoms with Gasteiger partial charge in [-0.25, -0.2) is 4.68 Å². The van der Waals surface area contributed by atoms with Crippen LogP contribution in [-0.4, -0.2) is 40.6 Å². The van der Waals surface area contributed by atoms with Crippen LogP contribution in [0.25, 0.3) is 5.69 Å². The molecule has 2 aromatic carbocycles. The number of hydrogen-bond donors (Lipinski definition) is 2. The van der Waals surface area contributed by atoms with Gasteiger partial charge in [-0.1, -0.05) is 44.2 Å². The van der Waals surface area contributed by atoms with Gasteiger partial charge >= 0.3 is 6.18 Å². The van der Waals surface area contributed by atoms with E-state index in [4.69, 9.17) is 5.26 Å². The van der Waals surface area contributed by atoms with E-state index in [0.29, 0.717) is 30.2 Å². The SMILES string of the molecule is C=C(NC(=O)c1cccc(C(F)(F)F)c1)C(=O)N(CC)c1c(CCC)c(C(=O)NCC#N)nn1-c1ccccc1. The van der Waals surface area contributed by atoms with Crippen LogP contribution in [0.3, 0.4) is 0 Å². The number of rotatable bonds is 10. The number of benzene rings is 2. The van der Waals surface area contributed by atoms with Crippen molar-refractivity contribution in [1.29, 1.82) is 5.26 Å². The minimum atomic E-state index is -4.65. The highest BCUT2D eigenvalue weighted by Crippen LogP contribution is 2.31. The molecule has 0 fully saturated rings. The fourth-order valence-corrected chi connectivity index (χ4v) is 3.99. The number of carbonyl (C=O) groups excluding carboxylic acids is 3. The van der Waals surface area contributed by atoms with E-state index in [9.17, 15) is 27.6 Å². The zero-order valence-electron chi connectivity index (χ0n) is 21.9. The molecule has 3 rings (SSSR count). The number of amides is 3. The van der Waals surface area contributed by atoms with Gasteiger partial charge in [0.15, 0.2) is 5.69 Å². The molecule has 3 amide bonds. The summed E-state index contributed by atoms with van der Waals surface area (Å²) in [6, 6.07) is 14.4. The fraction of sp³-hybridized carbons (Fsp3) is 0.250. The van der Waals surface area contributed by atoms with Crippen molar-refractivity contribution in [2.75, 3.05) is 18.0 Å². The minimum Gasteiger partial charge on any atom is -0.338 e. The molecule has 0 aliphatic heterocycles. The first-order valence-electron chi connectivity index (χ1n) is 12.3. The Morgan fingerprint density at radius 1 is 1.07 bits per heavy atom. The summed E-state index contributed by atoms with van der Waals surface area (Å²) in [5.41, 5.74) is -0.688. The maximum atomic E-state index is 13.6. The predicted molar refractivity (Wildman–Crippen MR) is 142 cm³/mol. The maximum absolute atomic E-state index is 13.6. The largest absolute Gasteiger partial charge is 0.416 e. The molecule has 9 nitrogen and oxygen atoms in total. The van der Waals surface area contributed by atoms with Crippen molar-refractivity contribution in [2.45, 2.75) is 32.9 Å². The Hall–Kier alpha value is -4.92. The van der Waals surface area contributed by atoms with Crippen LogP contribution in [0.15, 0.2) is 66.9 Å². The number of anilines is 1. The van der Waals surface area contributed by atoms with Crippen LogP contribution in [-0.2, 0) is 17.4 Å². The topological polar surface area (TPSA) is 120 Å². The Balaban J connectivity index is 2.03. The number of nitrogens with one attached hydrogen (secondary N) is 2. The van der Waals surface area contributed by atoms with Gasteiger partial charge in [-0.3, -0.25) is 19.3 Å². The molecule has 0 atom stereocenters. The Bertz CT molecular complexity index is 1460. The summed E-state index contributed by atoms with van der Waals surface area (Å²) >= 11 is 0. The van der Waals surface area contributed by atoms with Crippen molar-refractivity contribution in [3.8, 4) is 11.8 Å². The smallest absolute Gasteiger partial charge is 0.338 e. The molecule has 0 aliphatic carbocycles. The van der Waals surface area contributed by atoms with Gasteiger partial charge in [0.2, 0.25) is 0 Å². The first-order chi connectivity index (χ1) is 19.0. The molecule has 0 saturated heterocycles. The fourth-order valence-electron chi connectivity index (χ4n) is 3.99. The van der Waals surface area contributed by atoms with Crippen molar-refractivity contribution in [3.63, 3.8) is 0 Å². The van der Waals surface area contributed by atoms with Gasteiger partial charge in [0.1, 0.15) is 18.1 Å². The number of likely N-dealkylation sites (N-methyl/N-ethyl adjacent to an activating group) is 1. The number of carbonyl (C=O) groups is 3. The molecule has 3 aromatic rings. The molecular formula is C28H27F3N6O3. The summed E-state index contributed by atoms with van der Waals surface area (Å²) < 4.78 is 40.7. The molecule has 1 aromatic heterocycles. The van der Waals surface area contributed by atoms with E-state index in [0.717, 1.165) is 12.1 Å². The number of hydrogen-bond acceptors (Lipinski definition) is 5. The number of halogens is 3. The third kappa shape index (κ3) is 6.55. The van der Waals surface area contributed by atoms with Gasteiger partial charge in [-0.2, -0.15) is 23.5 Å². The van der Waals surface area contributed by atoms with Crippen LogP contribution in [0.1, 0.15) is 52.2 Å². The van der Waals surface area contributed by atoms with E-state index in [1.807, 2.05) is 13.0 Å². The molecule has 12 heteroatoms. The number of para-hydroxylation sites is 1. The Morgan fingerprint density at radius 2 is 1.77 bits per heavy atom. The van der Waals surface area contributed by atoms with Crippen LogP contribution in [0.2, 0.25) is 0 Å². The van der Waals surface area contributed by atoms with Gasteiger partial charge in [0, 0.05) is 17.7 Å². The number of aromatic nitrogens is 2. The zero-order valence-corrected chi connectivity index (χ0v) is 21.9. The van der Waals surface area contributed by atoms with E-state index in [1.165, 1.54) is 15.6 Å². The molecule has 0 aliphatic rings. The van der Waals surface area contributed by atoms with Gasteiger partial charge in [0.05, 0.1) is 17.3 Å². The molecular weight excluding hydrogens is 525 g/mol. The Kier molecular flexibility index (Phi) is 9.45. The monoisotopic (exact) mass is 552 g/mol. The highest BCUT2D eigenvalue weighted by molar-refractivity contribution is 6.09. The van der Waals surface area contributed by atoms with Crippen LogP contribution in [0.5, 0.6) is 0 Å². The number of alkyl halides is 3. The van der Waals surface area contributed by atoms with Crippen molar-refractivity contribution >= 4 is 23.5 Å². The Labute approximate surface area is 228 Å².